The molecule has 0 spiro atoms. The van der Waals surface area contributed by atoms with Crippen LogP contribution in [0.25, 0.3) is 5.52 Å². The lowest BCUT2D eigenvalue weighted by molar-refractivity contribution is 0.0403. The van der Waals surface area contributed by atoms with Gasteiger partial charge in [-0.05, 0) is 6.42 Å². The van der Waals surface area contributed by atoms with Crippen molar-refractivity contribution in [1.82, 2.24) is 19.5 Å². The molecule has 1 fully saturated rings. The Labute approximate surface area is 104 Å². The fraction of sp³-hybridized carbons (Fsp3) is 0.417. The molecule has 94 valence electrons. The first-order chi connectivity index (χ1) is 8.63. The normalized spacial score (nSPS) is 17.8. The van der Waals surface area contributed by atoms with E-state index in [1.165, 1.54) is 0 Å². The van der Waals surface area contributed by atoms with Crippen LogP contribution in [0.4, 0.5) is 0 Å². The summed E-state index contributed by atoms with van der Waals surface area (Å²) in [6.07, 6.45) is 7.48. The van der Waals surface area contributed by atoms with Gasteiger partial charge in [0.1, 0.15) is 0 Å². The van der Waals surface area contributed by atoms with Gasteiger partial charge in [0.25, 0.3) is 5.91 Å². The molecule has 1 aliphatic rings. The molecule has 6 nitrogen and oxygen atoms in total. The lowest BCUT2D eigenvalue weighted by Gasteiger charge is -2.47. The minimum Gasteiger partial charge on any atom is -0.335 e. The van der Waals surface area contributed by atoms with Crippen molar-refractivity contribution in [3.63, 3.8) is 0 Å². The smallest absolute Gasteiger partial charge is 0.257 e. The minimum absolute atomic E-state index is 0.0208. The molecule has 0 saturated carbocycles. The highest BCUT2D eigenvalue weighted by Gasteiger charge is 2.41. The number of carbonyl (C=O) groups excluding carboxylic acids is 1. The van der Waals surface area contributed by atoms with Gasteiger partial charge < -0.3 is 10.6 Å². The first-order valence-corrected chi connectivity index (χ1v) is 5.98. The number of amides is 1. The van der Waals surface area contributed by atoms with E-state index >= 15 is 0 Å². The summed E-state index contributed by atoms with van der Waals surface area (Å²) >= 11 is 0. The maximum atomic E-state index is 12.3. The maximum absolute atomic E-state index is 12.3. The summed E-state index contributed by atoms with van der Waals surface area (Å²) in [4.78, 5) is 18.1. The predicted octanol–water partition coefficient (Wildman–Crippen LogP) is 0.293. The summed E-state index contributed by atoms with van der Waals surface area (Å²) in [7, 11) is 0. The predicted molar refractivity (Wildman–Crippen MR) is 66.1 cm³/mol. The van der Waals surface area contributed by atoms with Crippen molar-refractivity contribution in [3.8, 4) is 0 Å². The third-order valence-corrected chi connectivity index (χ3v) is 3.56. The average molecular weight is 245 g/mol. The highest BCUT2D eigenvalue weighted by Crippen LogP contribution is 2.24. The van der Waals surface area contributed by atoms with Crippen LogP contribution in [-0.4, -0.2) is 44.0 Å². The van der Waals surface area contributed by atoms with Crippen LogP contribution in [0.2, 0.25) is 0 Å². The Balaban J connectivity index is 1.86. The molecule has 18 heavy (non-hydrogen) atoms. The lowest BCUT2D eigenvalue weighted by atomic mass is 9.88. The van der Waals surface area contributed by atoms with Crippen molar-refractivity contribution in [2.45, 2.75) is 18.9 Å². The second kappa shape index (κ2) is 3.78. The van der Waals surface area contributed by atoms with Crippen LogP contribution in [-0.2, 0) is 0 Å². The first-order valence-electron chi connectivity index (χ1n) is 5.98. The SMILES string of the molecule is CCC1(N)CN(C(=O)c2cnn3ccncc23)C1. The van der Waals surface area contributed by atoms with E-state index in [4.69, 9.17) is 5.73 Å². The molecule has 1 saturated heterocycles. The molecule has 3 rings (SSSR count). The van der Waals surface area contributed by atoms with E-state index < -0.39 is 0 Å². The van der Waals surface area contributed by atoms with Crippen LogP contribution in [0.5, 0.6) is 0 Å². The summed E-state index contributed by atoms with van der Waals surface area (Å²) in [5.74, 6) is -0.0208. The van der Waals surface area contributed by atoms with E-state index in [1.807, 2.05) is 6.92 Å². The zero-order valence-electron chi connectivity index (χ0n) is 10.2. The Hall–Kier alpha value is -1.95. The minimum atomic E-state index is -0.211. The molecule has 6 heteroatoms. The Kier molecular flexibility index (Phi) is 2.34. The third-order valence-electron chi connectivity index (χ3n) is 3.56. The van der Waals surface area contributed by atoms with Gasteiger partial charge in [0, 0.05) is 25.5 Å². The fourth-order valence-corrected chi connectivity index (χ4v) is 2.25. The molecule has 0 atom stereocenters. The second-order valence-electron chi connectivity index (χ2n) is 4.84. The van der Waals surface area contributed by atoms with E-state index in [9.17, 15) is 4.79 Å². The first kappa shape index (κ1) is 11.2. The fourth-order valence-electron chi connectivity index (χ4n) is 2.25. The van der Waals surface area contributed by atoms with Crippen molar-refractivity contribution in [2.24, 2.45) is 5.73 Å². The van der Waals surface area contributed by atoms with Gasteiger partial charge >= 0.3 is 0 Å². The topological polar surface area (TPSA) is 76.5 Å². The highest BCUT2D eigenvalue weighted by molar-refractivity contribution is 6.01. The van der Waals surface area contributed by atoms with Crippen molar-refractivity contribution >= 4 is 11.4 Å². The van der Waals surface area contributed by atoms with Crippen LogP contribution in [0.15, 0.2) is 24.8 Å². The molecule has 0 bridgehead atoms. The highest BCUT2D eigenvalue weighted by atomic mass is 16.2. The van der Waals surface area contributed by atoms with Crippen molar-refractivity contribution < 1.29 is 4.79 Å². The number of rotatable bonds is 2. The van der Waals surface area contributed by atoms with Crippen LogP contribution in [0, 0.1) is 0 Å². The Bertz CT molecular complexity index is 599. The average Bonchev–Trinajstić information content (AvgIpc) is 2.78. The second-order valence-corrected chi connectivity index (χ2v) is 4.84. The van der Waals surface area contributed by atoms with Crippen LogP contribution >= 0.6 is 0 Å². The van der Waals surface area contributed by atoms with Crippen molar-refractivity contribution in [2.75, 3.05) is 13.1 Å². The van der Waals surface area contributed by atoms with Gasteiger partial charge in [-0.3, -0.25) is 9.78 Å². The van der Waals surface area contributed by atoms with E-state index in [0.29, 0.717) is 18.7 Å². The quantitative estimate of drug-likeness (QED) is 0.825. The van der Waals surface area contributed by atoms with E-state index in [1.54, 1.807) is 34.2 Å². The largest absolute Gasteiger partial charge is 0.335 e. The van der Waals surface area contributed by atoms with Gasteiger partial charge in [0.2, 0.25) is 0 Å². The summed E-state index contributed by atoms with van der Waals surface area (Å²) < 4.78 is 1.65. The van der Waals surface area contributed by atoms with Gasteiger partial charge in [0.05, 0.1) is 29.0 Å². The molecular weight excluding hydrogens is 230 g/mol. The number of nitrogens with two attached hydrogens (primary N) is 1. The number of hydrogen-bond donors (Lipinski definition) is 1. The van der Waals surface area contributed by atoms with Crippen LogP contribution in [0.1, 0.15) is 23.7 Å². The molecule has 2 aromatic rings. The molecule has 2 aromatic heterocycles. The summed E-state index contributed by atoms with van der Waals surface area (Å²) in [6, 6.07) is 0. The lowest BCUT2D eigenvalue weighted by Crippen LogP contribution is -2.68. The molecule has 3 heterocycles. The number of likely N-dealkylation sites (tertiary alicyclic amines) is 1. The Morgan fingerprint density at radius 2 is 2.28 bits per heavy atom. The summed E-state index contributed by atoms with van der Waals surface area (Å²) in [5.41, 5.74) is 7.17. The number of hydrogen-bond acceptors (Lipinski definition) is 4. The van der Waals surface area contributed by atoms with Gasteiger partial charge in [-0.15, -0.1) is 0 Å². The number of fused-ring (bicyclic) bond motifs is 1. The zero-order chi connectivity index (χ0) is 12.8. The Morgan fingerprint density at radius 3 is 3.00 bits per heavy atom. The monoisotopic (exact) mass is 245 g/mol. The molecule has 1 amide bonds. The molecule has 0 radical (unpaired) electrons. The number of carbonyl (C=O) groups is 1. The van der Waals surface area contributed by atoms with Gasteiger partial charge in [-0.1, -0.05) is 6.92 Å². The van der Waals surface area contributed by atoms with Gasteiger partial charge in [0.15, 0.2) is 0 Å². The van der Waals surface area contributed by atoms with Crippen LogP contribution in [0.3, 0.4) is 0 Å². The molecular formula is C12H15N5O. The standard InChI is InChI=1S/C12H15N5O/c1-2-12(13)7-16(8-12)11(18)9-5-15-17-4-3-14-6-10(9)17/h3-6H,2,7-8,13H2,1H3. The number of nitrogens with zero attached hydrogens (tertiary/aromatic N) is 4. The van der Waals surface area contributed by atoms with Gasteiger partial charge in [-0.2, -0.15) is 5.10 Å². The van der Waals surface area contributed by atoms with Crippen molar-refractivity contribution in [1.29, 1.82) is 0 Å². The zero-order valence-corrected chi connectivity index (χ0v) is 10.2. The molecule has 2 N–H and O–H groups in total. The van der Waals surface area contributed by atoms with Crippen LogP contribution < -0.4 is 5.73 Å². The number of aromatic nitrogens is 3. The third kappa shape index (κ3) is 1.57. The Morgan fingerprint density at radius 1 is 1.50 bits per heavy atom. The molecule has 1 aliphatic heterocycles. The molecule has 0 unspecified atom stereocenters. The molecule has 0 aromatic carbocycles. The maximum Gasteiger partial charge on any atom is 0.257 e. The summed E-state index contributed by atoms with van der Waals surface area (Å²) in [6.45, 7) is 3.26. The van der Waals surface area contributed by atoms with E-state index in [2.05, 4.69) is 10.1 Å². The molecule has 0 aliphatic carbocycles. The summed E-state index contributed by atoms with van der Waals surface area (Å²) in [5, 5.41) is 4.13. The van der Waals surface area contributed by atoms with E-state index in [0.717, 1.165) is 11.9 Å². The van der Waals surface area contributed by atoms with E-state index in [-0.39, 0.29) is 11.4 Å². The van der Waals surface area contributed by atoms with Crippen molar-refractivity contribution in [3.05, 3.63) is 30.4 Å². The van der Waals surface area contributed by atoms with Gasteiger partial charge in [-0.25, -0.2) is 4.52 Å².